The highest BCUT2D eigenvalue weighted by molar-refractivity contribution is 5.84. The highest BCUT2D eigenvalue weighted by Crippen LogP contribution is 2.25. The van der Waals surface area contributed by atoms with Crippen LogP contribution in [0.4, 0.5) is 0 Å². The summed E-state index contributed by atoms with van der Waals surface area (Å²) < 4.78 is 0. The van der Waals surface area contributed by atoms with E-state index in [9.17, 15) is 4.79 Å². The summed E-state index contributed by atoms with van der Waals surface area (Å²) >= 11 is 0. The molecule has 0 radical (unpaired) electrons. The SMILES string of the molecule is N#CC1C=C(Cn2ncc(C(=O)O)n2)C1. The second-order valence-electron chi connectivity index (χ2n) is 3.33. The molecule has 1 heterocycles. The van der Waals surface area contributed by atoms with Gasteiger partial charge in [0.15, 0.2) is 5.69 Å². The maximum atomic E-state index is 10.5. The van der Waals surface area contributed by atoms with E-state index < -0.39 is 5.97 Å². The molecule has 15 heavy (non-hydrogen) atoms. The number of hydrogen-bond acceptors (Lipinski definition) is 4. The van der Waals surface area contributed by atoms with Gasteiger partial charge in [0.05, 0.1) is 24.7 Å². The normalized spacial score (nSPS) is 18.9. The third-order valence-corrected chi connectivity index (χ3v) is 2.18. The molecule has 2 rings (SSSR count). The van der Waals surface area contributed by atoms with Crippen LogP contribution in [0.25, 0.3) is 0 Å². The first-order chi connectivity index (χ1) is 7.19. The lowest BCUT2D eigenvalue weighted by molar-refractivity contribution is 0.0689. The zero-order chi connectivity index (χ0) is 10.8. The van der Waals surface area contributed by atoms with E-state index in [1.807, 2.05) is 6.08 Å². The second kappa shape index (κ2) is 3.53. The fraction of sp³-hybridized carbons (Fsp3) is 0.333. The summed E-state index contributed by atoms with van der Waals surface area (Å²) in [4.78, 5) is 11.8. The summed E-state index contributed by atoms with van der Waals surface area (Å²) in [7, 11) is 0. The monoisotopic (exact) mass is 204 g/mol. The van der Waals surface area contributed by atoms with Crippen molar-refractivity contribution in [3.05, 3.63) is 23.5 Å². The Morgan fingerprint density at radius 1 is 1.80 bits per heavy atom. The number of allylic oxidation sites excluding steroid dienone is 2. The van der Waals surface area contributed by atoms with Gasteiger partial charge in [-0.25, -0.2) is 4.79 Å². The Labute approximate surface area is 85.4 Å². The standard InChI is InChI=1S/C9H8N4O2/c10-3-6-1-7(2-6)5-13-11-4-8(12-13)9(14)15/h1,4,6H,2,5H2,(H,14,15). The van der Waals surface area contributed by atoms with E-state index in [4.69, 9.17) is 10.4 Å². The molecule has 0 saturated heterocycles. The van der Waals surface area contributed by atoms with E-state index in [1.165, 1.54) is 11.0 Å². The summed E-state index contributed by atoms with van der Waals surface area (Å²) in [5, 5.41) is 24.7. The van der Waals surface area contributed by atoms with E-state index >= 15 is 0 Å². The van der Waals surface area contributed by atoms with E-state index in [0.29, 0.717) is 6.54 Å². The Bertz CT molecular complexity index is 469. The maximum Gasteiger partial charge on any atom is 0.358 e. The molecule has 1 atom stereocenters. The van der Waals surface area contributed by atoms with Crippen molar-refractivity contribution in [2.75, 3.05) is 0 Å². The first-order valence-electron chi connectivity index (χ1n) is 4.41. The fourth-order valence-electron chi connectivity index (χ4n) is 1.39. The molecule has 0 saturated carbocycles. The third-order valence-electron chi connectivity index (χ3n) is 2.18. The molecule has 1 unspecified atom stereocenters. The molecular weight excluding hydrogens is 196 g/mol. The van der Waals surface area contributed by atoms with Crippen LogP contribution in [-0.2, 0) is 6.54 Å². The zero-order valence-corrected chi connectivity index (χ0v) is 7.79. The molecule has 1 aliphatic rings. The van der Waals surface area contributed by atoms with Crippen molar-refractivity contribution in [3.8, 4) is 6.07 Å². The van der Waals surface area contributed by atoms with Gasteiger partial charge in [0.2, 0.25) is 0 Å². The molecule has 0 fully saturated rings. The van der Waals surface area contributed by atoms with Gasteiger partial charge < -0.3 is 5.11 Å². The van der Waals surface area contributed by atoms with E-state index in [1.54, 1.807) is 0 Å². The summed E-state index contributed by atoms with van der Waals surface area (Å²) in [5.74, 6) is -1.09. The van der Waals surface area contributed by atoms with Crippen LogP contribution in [0.15, 0.2) is 17.8 Å². The Morgan fingerprint density at radius 3 is 3.07 bits per heavy atom. The maximum absolute atomic E-state index is 10.5. The van der Waals surface area contributed by atoms with E-state index in [-0.39, 0.29) is 11.6 Å². The van der Waals surface area contributed by atoms with Gasteiger partial charge in [-0.1, -0.05) is 6.08 Å². The smallest absolute Gasteiger partial charge is 0.358 e. The van der Waals surface area contributed by atoms with Crippen molar-refractivity contribution in [1.29, 1.82) is 5.26 Å². The fourth-order valence-corrected chi connectivity index (χ4v) is 1.39. The first kappa shape index (κ1) is 9.40. The van der Waals surface area contributed by atoms with Crippen molar-refractivity contribution in [1.82, 2.24) is 15.0 Å². The van der Waals surface area contributed by atoms with Gasteiger partial charge in [-0.3, -0.25) is 0 Å². The number of rotatable bonds is 3. The Kier molecular flexibility index (Phi) is 2.21. The number of carbonyl (C=O) groups is 1. The summed E-state index contributed by atoms with van der Waals surface area (Å²) in [5.41, 5.74) is 1.00. The van der Waals surface area contributed by atoms with Crippen molar-refractivity contribution in [3.63, 3.8) is 0 Å². The molecule has 0 spiro atoms. The Balaban J connectivity index is 2.01. The largest absolute Gasteiger partial charge is 0.476 e. The van der Waals surface area contributed by atoms with Gasteiger partial charge in [-0.05, 0) is 12.0 Å². The molecule has 1 aliphatic carbocycles. The van der Waals surface area contributed by atoms with Crippen LogP contribution in [0.5, 0.6) is 0 Å². The number of nitrogens with zero attached hydrogens (tertiary/aromatic N) is 4. The van der Waals surface area contributed by atoms with Gasteiger partial charge in [0, 0.05) is 0 Å². The molecule has 76 valence electrons. The summed E-state index contributed by atoms with van der Waals surface area (Å²) in [6.07, 6.45) is 3.79. The van der Waals surface area contributed by atoms with Gasteiger partial charge in [-0.15, -0.1) is 5.10 Å². The predicted octanol–water partition coefficient (Wildman–Crippen LogP) is 0.446. The van der Waals surface area contributed by atoms with Crippen LogP contribution in [0.2, 0.25) is 0 Å². The van der Waals surface area contributed by atoms with Crippen molar-refractivity contribution in [2.45, 2.75) is 13.0 Å². The number of aromatic carboxylic acids is 1. The lowest BCUT2D eigenvalue weighted by atomic mass is 9.88. The summed E-state index contributed by atoms with van der Waals surface area (Å²) in [6.45, 7) is 0.464. The molecule has 0 aromatic carbocycles. The van der Waals surface area contributed by atoms with Crippen molar-refractivity contribution < 1.29 is 9.90 Å². The van der Waals surface area contributed by atoms with E-state index in [0.717, 1.165) is 12.0 Å². The van der Waals surface area contributed by atoms with Gasteiger partial charge in [0.1, 0.15) is 0 Å². The minimum Gasteiger partial charge on any atom is -0.476 e. The molecule has 6 nitrogen and oxygen atoms in total. The van der Waals surface area contributed by atoms with Gasteiger partial charge in [-0.2, -0.15) is 15.2 Å². The number of aromatic nitrogens is 3. The highest BCUT2D eigenvalue weighted by Gasteiger charge is 2.19. The topological polar surface area (TPSA) is 91.8 Å². The molecule has 0 bridgehead atoms. The Hall–Kier alpha value is -2.16. The molecule has 6 heteroatoms. The van der Waals surface area contributed by atoms with Crippen LogP contribution in [-0.4, -0.2) is 26.1 Å². The van der Waals surface area contributed by atoms with Crippen molar-refractivity contribution in [2.24, 2.45) is 5.92 Å². The van der Waals surface area contributed by atoms with Crippen LogP contribution in [0.1, 0.15) is 16.9 Å². The van der Waals surface area contributed by atoms with Gasteiger partial charge in [0.25, 0.3) is 0 Å². The van der Waals surface area contributed by atoms with Crippen LogP contribution < -0.4 is 0 Å². The van der Waals surface area contributed by atoms with E-state index in [2.05, 4.69) is 16.3 Å². The molecule has 1 aromatic heterocycles. The van der Waals surface area contributed by atoms with Gasteiger partial charge >= 0.3 is 5.97 Å². The second-order valence-corrected chi connectivity index (χ2v) is 3.33. The zero-order valence-electron chi connectivity index (χ0n) is 7.79. The van der Waals surface area contributed by atoms with Crippen LogP contribution >= 0.6 is 0 Å². The third kappa shape index (κ3) is 1.86. The lowest BCUT2D eigenvalue weighted by Gasteiger charge is -2.18. The minimum atomic E-state index is -1.08. The molecule has 1 N–H and O–H groups in total. The molecule has 0 amide bonds. The average molecular weight is 204 g/mol. The minimum absolute atomic E-state index is 0.00509. The number of carboxylic acid groups (broad SMARTS) is 1. The number of nitriles is 1. The molecule has 0 aliphatic heterocycles. The summed E-state index contributed by atoms with van der Waals surface area (Å²) in [6, 6.07) is 2.12. The van der Waals surface area contributed by atoms with Crippen LogP contribution in [0, 0.1) is 17.2 Å². The highest BCUT2D eigenvalue weighted by atomic mass is 16.4. The quantitative estimate of drug-likeness (QED) is 0.721. The van der Waals surface area contributed by atoms with Crippen LogP contribution in [0.3, 0.4) is 0 Å². The predicted molar refractivity (Wildman–Crippen MR) is 48.8 cm³/mol. The number of carboxylic acids is 1. The lowest BCUT2D eigenvalue weighted by Crippen LogP contribution is -2.15. The average Bonchev–Trinajstić information content (AvgIpc) is 2.58. The number of hydrogen-bond donors (Lipinski definition) is 1. The molecular formula is C9H8N4O2. The molecule has 1 aromatic rings. The first-order valence-corrected chi connectivity index (χ1v) is 4.41. The van der Waals surface area contributed by atoms with Crippen molar-refractivity contribution >= 4 is 5.97 Å². The Morgan fingerprint density at radius 2 is 2.53 bits per heavy atom.